The fourth-order valence-corrected chi connectivity index (χ4v) is 2.06. The Morgan fingerprint density at radius 2 is 2.05 bits per heavy atom. The molecule has 0 radical (unpaired) electrons. The Kier molecular flexibility index (Phi) is 4.29. The Morgan fingerprint density at radius 1 is 1.29 bits per heavy atom. The van der Waals surface area contributed by atoms with Crippen LogP contribution in [0, 0.1) is 17.1 Å². The highest BCUT2D eigenvalue weighted by Gasteiger charge is 2.13. The van der Waals surface area contributed by atoms with Crippen molar-refractivity contribution in [2.75, 3.05) is 12.4 Å². The van der Waals surface area contributed by atoms with Gasteiger partial charge < -0.3 is 15.2 Å². The second kappa shape index (κ2) is 6.14. The number of phenolic OH excluding ortho intramolecular Hbond substituents is 1. The van der Waals surface area contributed by atoms with Gasteiger partial charge in [0.2, 0.25) is 0 Å². The topological polar surface area (TPSA) is 65.3 Å². The molecule has 1 atom stereocenters. The summed E-state index contributed by atoms with van der Waals surface area (Å²) >= 11 is 0. The average molecular weight is 286 g/mol. The van der Waals surface area contributed by atoms with Crippen LogP contribution in [-0.4, -0.2) is 12.2 Å². The van der Waals surface area contributed by atoms with Crippen LogP contribution in [0.3, 0.4) is 0 Å². The lowest BCUT2D eigenvalue weighted by molar-refractivity contribution is 0.406. The van der Waals surface area contributed by atoms with Crippen molar-refractivity contribution < 1.29 is 14.2 Å². The van der Waals surface area contributed by atoms with Gasteiger partial charge in [0.15, 0.2) is 0 Å². The first kappa shape index (κ1) is 14.7. The minimum Gasteiger partial charge on any atom is -0.507 e. The van der Waals surface area contributed by atoms with Crippen molar-refractivity contribution in [2.45, 2.75) is 13.0 Å². The molecule has 0 aliphatic carbocycles. The van der Waals surface area contributed by atoms with Crippen LogP contribution in [-0.2, 0) is 0 Å². The standard InChI is InChI=1S/C16H15FN2O2/c1-10(14-5-4-13(21-2)8-16(14)20)19-15-6-3-12(17)7-11(15)9-18/h3-8,10,19-20H,1-2H3. The first-order valence-corrected chi connectivity index (χ1v) is 6.38. The monoisotopic (exact) mass is 286 g/mol. The van der Waals surface area contributed by atoms with E-state index in [1.165, 1.54) is 31.4 Å². The van der Waals surface area contributed by atoms with Gasteiger partial charge in [-0.05, 0) is 37.3 Å². The van der Waals surface area contributed by atoms with Gasteiger partial charge in [-0.3, -0.25) is 0 Å². The van der Waals surface area contributed by atoms with Gasteiger partial charge in [0.25, 0.3) is 0 Å². The van der Waals surface area contributed by atoms with E-state index in [4.69, 9.17) is 10.00 Å². The van der Waals surface area contributed by atoms with Crippen molar-refractivity contribution in [1.29, 1.82) is 5.26 Å². The minimum atomic E-state index is -0.461. The zero-order chi connectivity index (χ0) is 15.4. The van der Waals surface area contributed by atoms with Crippen molar-refractivity contribution in [3.63, 3.8) is 0 Å². The summed E-state index contributed by atoms with van der Waals surface area (Å²) in [6, 6.07) is 10.6. The Labute approximate surface area is 122 Å². The zero-order valence-corrected chi connectivity index (χ0v) is 11.7. The quantitative estimate of drug-likeness (QED) is 0.901. The van der Waals surface area contributed by atoms with E-state index in [1.807, 2.05) is 13.0 Å². The predicted octanol–water partition coefficient (Wildman–Crippen LogP) is 3.58. The third kappa shape index (κ3) is 3.23. The summed E-state index contributed by atoms with van der Waals surface area (Å²) in [5, 5.41) is 22.1. The minimum absolute atomic E-state index is 0.0926. The van der Waals surface area contributed by atoms with Gasteiger partial charge in [-0.2, -0.15) is 5.26 Å². The maximum atomic E-state index is 13.1. The van der Waals surface area contributed by atoms with Gasteiger partial charge in [0, 0.05) is 11.6 Å². The van der Waals surface area contributed by atoms with Crippen molar-refractivity contribution >= 4 is 5.69 Å². The largest absolute Gasteiger partial charge is 0.507 e. The third-order valence-electron chi connectivity index (χ3n) is 3.18. The number of aromatic hydroxyl groups is 1. The van der Waals surface area contributed by atoms with Crippen molar-refractivity contribution in [3.05, 3.63) is 53.3 Å². The predicted molar refractivity (Wildman–Crippen MR) is 77.8 cm³/mol. The lowest BCUT2D eigenvalue weighted by atomic mass is 10.1. The third-order valence-corrected chi connectivity index (χ3v) is 3.18. The number of nitrogens with one attached hydrogen (secondary N) is 1. The number of phenols is 1. The number of nitrogens with zero attached hydrogens (tertiary/aromatic N) is 1. The Bertz CT molecular complexity index is 695. The van der Waals surface area contributed by atoms with Gasteiger partial charge in [-0.1, -0.05) is 0 Å². The summed E-state index contributed by atoms with van der Waals surface area (Å²) in [6.45, 7) is 1.84. The number of ether oxygens (including phenoxy) is 1. The van der Waals surface area contributed by atoms with E-state index in [-0.39, 0.29) is 17.4 Å². The molecule has 21 heavy (non-hydrogen) atoms. The number of hydrogen-bond donors (Lipinski definition) is 2. The molecule has 108 valence electrons. The number of halogens is 1. The summed E-state index contributed by atoms with van der Waals surface area (Å²) in [4.78, 5) is 0. The van der Waals surface area contributed by atoms with Gasteiger partial charge in [0.1, 0.15) is 23.4 Å². The normalized spacial score (nSPS) is 11.5. The summed E-state index contributed by atoms with van der Waals surface area (Å²) in [5.74, 6) is 0.190. The number of methoxy groups -OCH3 is 1. The second-order valence-corrected chi connectivity index (χ2v) is 4.59. The summed E-state index contributed by atoms with van der Waals surface area (Å²) in [7, 11) is 1.52. The fraction of sp³-hybridized carbons (Fsp3) is 0.188. The molecule has 4 nitrogen and oxygen atoms in total. The molecule has 2 aromatic carbocycles. The van der Waals surface area contributed by atoms with Crippen LogP contribution >= 0.6 is 0 Å². The van der Waals surface area contributed by atoms with E-state index < -0.39 is 5.82 Å². The maximum Gasteiger partial charge on any atom is 0.124 e. The molecule has 0 aliphatic rings. The molecule has 0 spiro atoms. The molecule has 2 N–H and O–H groups in total. The van der Waals surface area contributed by atoms with Crippen LogP contribution in [0.5, 0.6) is 11.5 Å². The van der Waals surface area contributed by atoms with Crippen molar-refractivity contribution in [1.82, 2.24) is 0 Å². The Balaban J connectivity index is 2.26. The summed E-state index contributed by atoms with van der Waals surface area (Å²) in [6.07, 6.45) is 0. The van der Waals surface area contributed by atoms with Crippen LogP contribution in [0.4, 0.5) is 10.1 Å². The van der Waals surface area contributed by atoms with Gasteiger partial charge in [0.05, 0.1) is 24.4 Å². The van der Waals surface area contributed by atoms with Crippen LogP contribution in [0.15, 0.2) is 36.4 Å². The smallest absolute Gasteiger partial charge is 0.124 e. The number of rotatable bonds is 4. The van der Waals surface area contributed by atoms with E-state index >= 15 is 0 Å². The van der Waals surface area contributed by atoms with Gasteiger partial charge in [-0.25, -0.2) is 4.39 Å². The molecule has 0 aliphatic heterocycles. The lowest BCUT2D eigenvalue weighted by Gasteiger charge is -2.18. The summed E-state index contributed by atoms with van der Waals surface area (Å²) < 4.78 is 18.1. The van der Waals surface area contributed by atoms with E-state index in [1.54, 1.807) is 12.1 Å². The highest BCUT2D eigenvalue weighted by molar-refractivity contribution is 5.59. The molecule has 0 bridgehead atoms. The number of benzene rings is 2. The molecule has 0 aromatic heterocycles. The SMILES string of the molecule is COc1ccc(C(C)Nc2ccc(F)cc2C#N)c(O)c1. The molecule has 0 heterocycles. The number of hydrogen-bond acceptors (Lipinski definition) is 4. The molecular weight excluding hydrogens is 271 g/mol. The summed E-state index contributed by atoms with van der Waals surface area (Å²) in [5.41, 5.74) is 1.39. The van der Waals surface area contributed by atoms with Crippen molar-refractivity contribution in [3.8, 4) is 17.6 Å². The Morgan fingerprint density at radius 3 is 2.67 bits per heavy atom. The lowest BCUT2D eigenvalue weighted by Crippen LogP contribution is -2.08. The maximum absolute atomic E-state index is 13.1. The average Bonchev–Trinajstić information content (AvgIpc) is 2.48. The van der Waals surface area contributed by atoms with Gasteiger partial charge in [-0.15, -0.1) is 0 Å². The highest BCUT2D eigenvalue weighted by atomic mass is 19.1. The molecule has 2 aromatic rings. The number of anilines is 1. The first-order chi connectivity index (χ1) is 10.0. The molecule has 1 unspecified atom stereocenters. The van der Waals surface area contributed by atoms with Gasteiger partial charge >= 0.3 is 0 Å². The molecule has 0 saturated carbocycles. The van der Waals surface area contributed by atoms with Crippen LogP contribution < -0.4 is 10.1 Å². The highest BCUT2D eigenvalue weighted by Crippen LogP contribution is 2.31. The van der Waals surface area contributed by atoms with E-state index in [2.05, 4.69) is 5.32 Å². The molecule has 2 rings (SSSR count). The molecule has 0 fully saturated rings. The molecule has 0 amide bonds. The van der Waals surface area contributed by atoms with Crippen LogP contribution in [0.25, 0.3) is 0 Å². The molecule has 5 heteroatoms. The van der Waals surface area contributed by atoms with E-state index in [0.717, 1.165) is 0 Å². The van der Waals surface area contributed by atoms with E-state index in [0.29, 0.717) is 17.0 Å². The Hall–Kier alpha value is -2.74. The zero-order valence-electron chi connectivity index (χ0n) is 11.7. The van der Waals surface area contributed by atoms with E-state index in [9.17, 15) is 9.50 Å². The van der Waals surface area contributed by atoms with Crippen molar-refractivity contribution in [2.24, 2.45) is 0 Å². The second-order valence-electron chi connectivity index (χ2n) is 4.59. The van der Waals surface area contributed by atoms with Crippen LogP contribution in [0.2, 0.25) is 0 Å². The van der Waals surface area contributed by atoms with Crippen LogP contribution in [0.1, 0.15) is 24.1 Å². The fourth-order valence-electron chi connectivity index (χ4n) is 2.06. The molecule has 0 saturated heterocycles. The number of nitriles is 1. The first-order valence-electron chi connectivity index (χ1n) is 6.38. The molecular formula is C16H15FN2O2.